The van der Waals surface area contributed by atoms with E-state index in [0.717, 1.165) is 23.4 Å². The summed E-state index contributed by atoms with van der Waals surface area (Å²) in [7, 11) is 0. The van der Waals surface area contributed by atoms with Crippen LogP contribution in [0.5, 0.6) is 0 Å². The van der Waals surface area contributed by atoms with E-state index in [9.17, 15) is 5.26 Å². The summed E-state index contributed by atoms with van der Waals surface area (Å²) in [6, 6.07) is 7.94. The number of nitrogens with zero attached hydrogens (tertiary/aromatic N) is 3. The molecule has 2 unspecified atom stereocenters. The van der Waals surface area contributed by atoms with Gasteiger partial charge in [0, 0.05) is 6.54 Å². The summed E-state index contributed by atoms with van der Waals surface area (Å²) >= 11 is 6.31. The topological polar surface area (TPSA) is 41.6 Å². The first-order valence-electron chi connectivity index (χ1n) is 7.29. The standard InChI is InChI=1S/C17H22ClN3/c1-11(17(3,4)5)10-21-14-8-6-7-13(9-19)15(14)20-16(21)12(2)18/h6-8,11-12H,10H2,1-5H3. The molecule has 0 saturated heterocycles. The van der Waals surface area contributed by atoms with E-state index in [2.05, 4.69) is 43.3 Å². The molecule has 1 aromatic carbocycles. The molecule has 2 atom stereocenters. The summed E-state index contributed by atoms with van der Waals surface area (Å²) in [5, 5.41) is 9.07. The van der Waals surface area contributed by atoms with Crippen molar-refractivity contribution < 1.29 is 0 Å². The molecule has 0 spiro atoms. The number of fused-ring (bicyclic) bond motifs is 1. The number of alkyl halides is 1. The van der Waals surface area contributed by atoms with E-state index in [0.29, 0.717) is 11.5 Å². The number of hydrogen-bond acceptors (Lipinski definition) is 2. The van der Waals surface area contributed by atoms with Gasteiger partial charge in [-0.25, -0.2) is 4.98 Å². The summed E-state index contributed by atoms with van der Waals surface area (Å²) in [6.45, 7) is 11.7. The van der Waals surface area contributed by atoms with Gasteiger partial charge in [-0.05, 0) is 30.4 Å². The maximum absolute atomic E-state index is 9.25. The number of aromatic nitrogens is 2. The lowest BCUT2D eigenvalue weighted by Crippen LogP contribution is -2.23. The van der Waals surface area contributed by atoms with Gasteiger partial charge in [0.25, 0.3) is 0 Å². The molecule has 0 saturated carbocycles. The largest absolute Gasteiger partial charge is 0.326 e. The minimum absolute atomic E-state index is 0.184. The Hall–Kier alpha value is -1.53. The Bertz CT molecular complexity index is 686. The van der Waals surface area contributed by atoms with E-state index in [1.54, 1.807) is 6.07 Å². The highest BCUT2D eigenvalue weighted by Crippen LogP contribution is 2.32. The highest BCUT2D eigenvalue weighted by atomic mass is 35.5. The monoisotopic (exact) mass is 303 g/mol. The van der Waals surface area contributed by atoms with Gasteiger partial charge in [0.2, 0.25) is 0 Å². The lowest BCUT2D eigenvalue weighted by Gasteiger charge is -2.28. The van der Waals surface area contributed by atoms with Crippen molar-refractivity contribution in [2.24, 2.45) is 11.3 Å². The van der Waals surface area contributed by atoms with Crippen LogP contribution < -0.4 is 0 Å². The Morgan fingerprint density at radius 3 is 2.52 bits per heavy atom. The Labute approximate surface area is 131 Å². The van der Waals surface area contributed by atoms with E-state index < -0.39 is 0 Å². The molecular formula is C17H22ClN3. The van der Waals surface area contributed by atoms with Crippen molar-refractivity contribution in [3.63, 3.8) is 0 Å². The Balaban J connectivity index is 2.61. The number of nitriles is 1. The zero-order chi connectivity index (χ0) is 15.8. The quantitative estimate of drug-likeness (QED) is 0.757. The summed E-state index contributed by atoms with van der Waals surface area (Å²) in [6.07, 6.45) is 0. The smallest absolute Gasteiger partial charge is 0.127 e. The fourth-order valence-electron chi connectivity index (χ4n) is 2.30. The lowest BCUT2D eigenvalue weighted by molar-refractivity contribution is 0.233. The van der Waals surface area contributed by atoms with Crippen LogP contribution >= 0.6 is 11.6 Å². The SMILES string of the molecule is CC(Cl)c1nc2c(C#N)cccc2n1CC(C)C(C)(C)C. The van der Waals surface area contributed by atoms with Crippen LogP contribution in [0.25, 0.3) is 11.0 Å². The second kappa shape index (κ2) is 5.69. The van der Waals surface area contributed by atoms with Gasteiger partial charge in [0.05, 0.1) is 16.5 Å². The third-order valence-corrected chi connectivity index (χ3v) is 4.41. The molecule has 0 radical (unpaired) electrons. The fraction of sp³-hybridized carbons (Fsp3) is 0.529. The average molecular weight is 304 g/mol. The summed E-state index contributed by atoms with van der Waals surface area (Å²) in [5.74, 6) is 1.31. The van der Waals surface area contributed by atoms with Crippen molar-refractivity contribution in [2.75, 3.05) is 0 Å². The normalized spacial score (nSPS) is 14.9. The van der Waals surface area contributed by atoms with Gasteiger partial charge in [0.1, 0.15) is 17.4 Å². The van der Waals surface area contributed by atoms with Crippen LogP contribution in [0, 0.1) is 22.7 Å². The number of imidazole rings is 1. The Morgan fingerprint density at radius 2 is 2.00 bits per heavy atom. The molecule has 0 N–H and O–H groups in total. The van der Waals surface area contributed by atoms with Crippen LogP contribution in [-0.4, -0.2) is 9.55 Å². The zero-order valence-electron chi connectivity index (χ0n) is 13.3. The van der Waals surface area contributed by atoms with Gasteiger partial charge in [-0.2, -0.15) is 5.26 Å². The summed E-state index contributed by atoms with van der Waals surface area (Å²) in [4.78, 5) is 4.63. The molecule has 0 fully saturated rings. The van der Waals surface area contributed by atoms with Crippen LogP contribution in [0.1, 0.15) is 51.4 Å². The number of rotatable bonds is 3. The summed E-state index contributed by atoms with van der Waals surface area (Å²) in [5.41, 5.74) is 2.56. The number of para-hydroxylation sites is 1. The minimum atomic E-state index is -0.184. The van der Waals surface area contributed by atoms with Crippen molar-refractivity contribution in [2.45, 2.75) is 46.5 Å². The van der Waals surface area contributed by atoms with Crippen LogP contribution in [0.4, 0.5) is 0 Å². The van der Waals surface area contributed by atoms with E-state index in [1.165, 1.54) is 0 Å². The highest BCUT2D eigenvalue weighted by Gasteiger charge is 2.24. The van der Waals surface area contributed by atoms with E-state index in [4.69, 9.17) is 11.6 Å². The van der Waals surface area contributed by atoms with Gasteiger partial charge in [-0.1, -0.05) is 33.8 Å². The fourth-order valence-corrected chi connectivity index (χ4v) is 2.47. The predicted octanol–water partition coefficient (Wildman–Crippen LogP) is 4.89. The minimum Gasteiger partial charge on any atom is -0.326 e. The maximum Gasteiger partial charge on any atom is 0.127 e. The molecule has 0 amide bonds. The third kappa shape index (κ3) is 3.06. The number of halogens is 1. The Kier molecular flexibility index (Phi) is 4.30. The molecule has 3 nitrogen and oxygen atoms in total. The first-order valence-corrected chi connectivity index (χ1v) is 7.72. The summed E-state index contributed by atoms with van der Waals surface area (Å²) < 4.78 is 2.17. The van der Waals surface area contributed by atoms with Crippen molar-refractivity contribution in [1.29, 1.82) is 5.26 Å². The molecule has 2 aromatic rings. The lowest BCUT2D eigenvalue weighted by atomic mass is 9.82. The highest BCUT2D eigenvalue weighted by molar-refractivity contribution is 6.20. The molecule has 2 rings (SSSR count). The molecule has 0 aliphatic heterocycles. The third-order valence-electron chi connectivity index (χ3n) is 4.22. The van der Waals surface area contributed by atoms with Crippen LogP contribution in [0.2, 0.25) is 0 Å². The zero-order valence-corrected chi connectivity index (χ0v) is 14.1. The van der Waals surface area contributed by atoms with Crippen LogP contribution in [0.15, 0.2) is 18.2 Å². The molecule has 0 bridgehead atoms. The van der Waals surface area contributed by atoms with Crippen molar-refractivity contribution >= 4 is 22.6 Å². The number of hydrogen-bond donors (Lipinski definition) is 0. The molecule has 21 heavy (non-hydrogen) atoms. The van der Waals surface area contributed by atoms with Gasteiger partial charge >= 0.3 is 0 Å². The average Bonchev–Trinajstić information content (AvgIpc) is 2.76. The molecule has 4 heteroatoms. The first kappa shape index (κ1) is 15.9. The Morgan fingerprint density at radius 1 is 1.33 bits per heavy atom. The van der Waals surface area contributed by atoms with E-state index >= 15 is 0 Å². The van der Waals surface area contributed by atoms with E-state index in [1.807, 2.05) is 19.1 Å². The number of benzene rings is 1. The van der Waals surface area contributed by atoms with Crippen LogP contribution in [-0.2, 0) is 6.54 Å². The molecule has 0 aliphatic carbocycles. The molecule has 112 valence electrons. The second-order valence-corrected chi connectivity index (χ2v) is 7.40. The molecule has 1 heterocycles. The maximum atomic E-state index is 9.25. The van der Waals surface area contributed by atoms with Gasteiger partial charge in [-0.3, -0.25) is 0 Å². The van der Waals surface area contributed by atoms with Gasteiger partial charge in [0.15, 0.2) is 0 Å². The van der Waals surface area contributed by atoms with Gasteiger partial charge in [-0.15, -0.1) is 11.6 Å². The second-order valence-electron chi connectivity index (χ2n) is 6.75. The van der Waals surface area contributed by atoms with Gasteiger partial charge < -0.3 is 4.57 Å². The van der Waals surface area contributed by atoms with Crippen molar-refractivity contribution in [3.8, 4) is 6.07 Å². The predicted molar refractivity (Wildman–Crippen MR) is 87.3 cm³/mol. The van der Waals surface area contributed by atoms with Crippen molar-refractivity contribution in [1.82, 2.24) is 9.55 Å². The van der Waals surface area contributed by atoms with Crippen LogP contribution in [0.3, 0.4) is 0 Å². The molecule has 1 aromatic heterocycles. The molecule has 0 aliphatic rings. The van der Waals surface area contributed by atoms with E-state index in [-0.39, 0.29) is 10.8 Å². The first-order chi connectivity index (χ1) is 9.75. The van der Waals surface area contributed by atoms with Crippen molar-refractivity contribution in [3.05, 3.63) is 29.6 Å². The molecular weight excluding hydrogens is 282 g/mol.